The summed E-state index contributed by atoms with van der Waals surface area (Å²) in [6.45, 7) is 5.46. The van der Waals surface area contributed by atoms with Crippen LogP contribution >= 0.6 is 0 Å². The van der Waals surface area contributed by atoms with E-state index < -0.39 is 23.7 Å². The van der Waals surface area contributed by atoms with Gasteiger partial charge in [0.25, 0.3) is 0 Å². The molecule has 0 saturated carbocycles. The fourth-order valence-electron chi connectivity index (χ4n) is 2.96. The third-order valence-electron chi connectivity index (χ3n) is 4.15. The fourth-order valence-corrected chi connectivity index (χ4v) is 2.96. The van der Waals surface area contributed by atoms with Gasteiger partial charge in [-0.15, -0.1) is 5.10 Å². The minimum atomic E-state index is -1.05. The topological polar surface area (TPSA) is 97.5 Å². The Labute approximate surface area is 151 Å². The van der Waals surface area contributed by atoms with E-state index in [9.17, 15) is 14.7 Å². The Morgan fingerprint density at radius 1 is 1.23 bits per heavy atom. The molecule has 0 unspecified atom stereocenters. The number of hydrogen-bond acceptors (Lipinski definition) is 5. The molecule has 0 bridgehead atoms. The number of hydrogen-bond donors (Lipinski definition) is 1. The number of aliphatic carboxylic acids is 1. The zero-order valence-electron chi connectivity index (χ0n) is 15.0. The lowest BCUT2D eigenvalue weighted by molar-refractivity contribution is -0.142. The van der Waals surface area contributed by atoms with Crippen molar-refractivity contribution in [2.75, 3.05) is 6.54 Å². The van der Waals surface area contributed by atoms with Gasteiger partial charge in [-0.3, -0.25) is 4.90 Å². The maximum atomic E-state index is 12.4. The summed E-state index contributed by atoms with van der Waals surface area (Å²) in [4.78, 5) is 25.2. The van der Waals surface area contributed by atoms with Crippen LogP contribution in [0, 0.1) is 0 Å². The minimum Gasteiger partial charge on any atom is -0.480 e. The summed E-state index contributed by atoms with van der Waals surface area (Å²) in [7, 11) is 0. The zero-order chi connectivity index (χ0) is 18.9. The average molecular weight is 358 g/mol. The number of carbonyl (C=O) groups is 2. The molecule has 3 rings (SSSR count). The van der Waals surface area contributed by atoms with E-state index in [4.69, 9.17) is 4.74 Å². The molecule has 1 aliphatic rings. The van der Waals surface area contributed by atoms with Gasteiger partial charge in [0.15, 0.2) is 0 Å². The van der Waals surface area contributed by atoms with Gasteiger partial charge in [0, 0.05) is 18.5 Å². The number of benzene rings is 1. The molecule has 0 spiro atoms. The van der Waals surface area contributed by atoms with Gasteiger partial charge in [-0.1, -0.05) is 35.5 Å². The van der Waals surface area contributed by atoms with Gasteiger partial charge in [0.1, 0.15) is 17.3 Å². The van der Waals surface area contributed by atoms with Crippen molar-refractivity contribution in [2.45, 2.75) is 44.9 Å². The van der Waals surface area contributed by atoms with E-state index in [1.165, 1.54) is 4.90 Å². The number of amides is 1. The minimum absolute atomic E-state index is 0.212. The number of aromatic nitrogens is 3. The van der Waals surface area contributed by atoms with E-state index in [0.717, 1.165) is 5.56 Å². The second kappa shape index (κ2) is 6.78. The molecule has 26 heavy (non-hydrogen) atoms. The first kappa shape index (κ1) is 17.9. The maximum absolute atomic E-state index is 12.4. The monoisotopic (exact) mass is 358 g/mol. The van der Waals surface area contributed by atoms with Crippen LogP contribution < -0.4 is 0 Å². The van der Waals surface area contributed by atoms with E-state index in [2.05, 4.69) is 10.3 Å². The molecule has 1 aliphatic heterocycles. The number of ether oxygens (including phenoxy) is 1. The Morgan fingerprint density at radius 2 is 1.92 bits per heavy atom. The standard InChI is InChI=1S/C18H22N4O4/c1-18(2,3)26-17(25)21-10-13(9-15(21)16(23)24)22-11-14(19-20-22)12-7-5-4-6-8-12/h4-8,11,13,15H,9-10H2,1-3H3,(H,23,24)/t13-,15+/m0/s1. The molecule has 2 aromatic rings. The van der Waals surface area contributed by atoms with E-state index >= 15 is 0 Å². The lowest BCUT2D eigenvalue weighted by Gasteiger charge is -2.26. The van der Waals surface area contributed by atoms with Crippen LogP contribution in [-0.4, -0.2) is 55.3 Å². The molecule has 8 heteroatoms. The van der Waals surface area contributed by atoms with E-state index in [0.29, 0.717) is 5.69 Å². The Kier molecular flexibility index (Phi) is 4.67. The Hall–Kier alpha value is -2.90. The Balaban J connectivity index is 1.79. The van der Waals surface area contributed by atoms with Gasteiger partial charge in [-0.2, -0.15) is 0 Å². The van der Waals surface area contributed by atoms with Crippen LogP contribution in [0.2, 0.25) is 0 Å². The number of nitrogens with zero attached hydrogens (tertiary/aromatic N) is 4. The molecule has 2 heterocycles. The smallest absolute Gasteiger partial charge is 0.411 e. The number of likely N-dealkylation sites (tertiary alicyclic amines) is 1. The SMILES string of the molecule is CC(C)(C)OC(=O)N1C[C@@H](n2cc(-c3ccccc3)nn2)C[C@@H]1C(=O)O. The van der Waals surface area contributed by atoms with Crippen LogP contribution in [0.1, 0.15) is 33.2 Å². The first-order valence-corrected chi connectivity index (χ1v) is 8.44. The van der Waals surface area contributed by atoms with Gasteiger partial charge in [-0.25, -0.2) is 14.3 Å². The summed E-state index contributed by atoms with van der Waals surface area (Å²) < 4.78 is 6.97. The summed E-state index contributed by atoms with van der Waals surface area (Å²) in [5, 5.41) is 17.8. The quantitative estimate of drug-likeness (QED) is 0.906. The molecule has 138 valence electrons. The first-order valence-electron chi connectivity index (χ1n) is 8.44. The second-order valence-electron chi connectivity index (χ2n) is 7.33. The molecule has 1 saturated heterocycles. The molecular formula is C18H22N4O4. The summed E-state index contributed by atoms with van der Waals surface area (Å²) in [6, 6.07) is 8.38. The molecule has 1 amide bonds. The highest BCUT2D eigenvalue weighted by Crippen LogP contribution is 2.29. The predicted molar refractivity (Wildman–Crippen MR) is 93.5 cm³/mol. The number of rotatable bonds is 3. The number of carboxylic acids is 1. The highest BCUT2D eigenvalue weighted by molar-refractivity contribution is 5.81. The Bertz CT molecular complexity index is 797. The van der Waals surface area contributed by atoms with Crippen molar-refractivity contribution in [3.05, 3.63) is 36.5 Å². The van der Waals surface area contributed by atoms with Crippen LogP contribution in [-0.2, 0) is 9.53 Å². The molecule has 8 nitrogen and oxygen atoms in total. The van der Waals surface area contributed by atoms with Gasteiger partial charge in [0.2, 0.25) is 0 Å². The largest absolute Gasteiger partial charge is 0.480 e. The van der Waals surface area contributed by atoms with Gasteiger partial charge >= 0.3 is 12.1 Å². The van der Waals surface area contributed by atoms with E-state index in [-0.39, 0.29) is 19.0 Å². The Morgan fingerprint density at radius 3 is 2.54 bits per heavy atom. The molecule has 1 aromatic heterocycles. The van der Waals surface area contributed by atoms with Crippen LogP contribution in [0.3, 0.4) is 0 Å². The highest BCUT2D eigenvalue weighted by Gasteiger charge is 2.42. The summed E-state index contributed by atoms with van der Waals surface area (Å²) in [5.41, 5.74) is 0.940. The predicted octanol–water partition coefficient (Wildman–Crippen LogP) is 2.58. The summed E-state index contributed by atoms with van der Waals surface area (Å²) >= 11 is 0. The zero-order valence-corrected chi connectivity index (χ0v) is 15.0. The lowest BCUT2D eigenvalue weighted by atomic mass is 10.1. The van der Waals surface area contributed by atoms with E-state index in [1.807, 2.05) is 30.3 Å². The van der Waals surface area contributed by atoms with Gasteiger partial charge in [-0.05, 0) is 20.8 Å². The average Bonchev–Trinajstić information content (AvgIpc) is 3.21. The van der Waals surface area contributed by atoms with Crippen molar-refractivity contribution in [3.8, 4) is 11.3 Å². The van der Waals surface area contributed by atoms with Crippen molar-refractivity contribution < 1.29 is 19.4 Å². The molecular weight excluding hydrogens is 336 g/mol. The van der Waals surface area contributed by atoms with Crippen LogP contribution in [0.25, 0.3) is 11.3 Å². The maximum Gasteiger partial charge on any atom is 0.411 e. The molecule has 1 aromatic carbocycles. The molecule has 0 radical (unpaired) electrons. The molecule has 2 atom stereocenters. The first-order chi connectivity index (χ1) is 12.2. The van der Waals surface area contributed by atoms with Crippen LogP contribution in [0.4, 0.5) is 4.79 Å². The third-order valence-corrected chi connectivity index (χ3v) is 4.15. The van der Waals surface area contributed by atoms with Crippen LogP contribution in [0.15, 0.2) is 36.5 Å². The van der Waals surface area contributed by atoms with Gasteiger partial charge in [0.05, 0.1) is 12.2 Å². The van der Waals surface area contributed by atoms with Crippen molar-refractivity contribution in [1.29, 1.82) is 0 Å². The highest BCUT2D eigenvalue weighted by atomic mass is 16.6. The lowest BCUT2D eigenvalue weighted by Crippen LogP contribution is -2.43. The van der Waals surface area contributed by atoms with E-state index in [1.54, 1.807) is 31.6 Å². The summed E-state index contributed by atoms with van der Waals surface area (Å²) in [5.74, 6) is -1.05. The molecule has 1 fully saturated rings. The van der Waals surface area contributed by atoms with Crippen molar-refractivity contribution in [1.82, 2.24) is 19.9 Å². The molecule has 1 N–H and O–H groups in total. The summed E-state index contributed by atoms with van der Waals surface area (Å²) in [6.07, 6.45) is 1.40. The normalized spacial score (nSPS) is 20.2. The van der Waals surface area contributed by atoms with Crippen LogP contribution in [0.5, 0.6) is 0 Å². The number of carbonyl (C=O) groups excluding carboxylic acids is 1. The van der Waals surface area contributed by atoms with Crippen molar-refractivity contribution >= 4 is 12.1 Å². The third kappa shape index (κ3) is 3.84. The van der Waals surface area contributed by atoms with Gasteiger partial charge < -0.3 is 9.84 Å². The molecule has 0 aliphatic carbocycles. The number of carboxylic acid groups (broad SMARTS) is 1. The second-order valence-corrected chi connectivity index (χ2v) is 7.33. The fraction of sp³-hybridized carbons (Fsp3) is 0.444. The van der Waals surface area contributed by atoms with Crippen molar-refractivity contribution in [2.24, 2.45) is 0 Å². The van der Waals surface area contributed by atoms with Crippen molar-refractivity contribution in [3.63, 3.8) is 0 Å².